The molecule has 1 fully saturated rings. The minimum absolute atomic E-state index is 0.0190. The number of carbonyl (C=O) groups excluding carboxylic acids is 2. The number of carbonyl (C=O) groups is 2. The first-order chi connectivity index (χ1) is 13.5. The van der Waals surface area contributed by atoms with E-state index < -0.39 is 6.04 Å². The highest BCUT2D eigenvalue weighted by atomic mass is 32.2. The van der Waals surface area contributed by atoms with Crippen LogP contribution < -0.4 is 5.32 Å². The van der Waals surface area contributed by atoms with Gasteiger partial charge in [0.15, 0.2) is 0 Å². The fourth-order valence-corrected chi connectivity index (χ4v) is 4.92. The number of nitrogens with one attached hydrogen (secondary N) is 1. The monoisotopic (exact) mass is 397 g/mol. The number of amides is 2. The standard InChI is InChI=1S/C22H27N3O2S/c1-15(2)12-20-25(22(27)18-6-4-16(3)5-7-18)19(14-28-20)21(26)24-13-17-8-10-23-11-9-17/h4-11,15,19-20H,12-14H2,1-3H3,(H,24,26). The molecule has 0 aliphatic carbocycles. The molecule has 148 valence electrons. The highest BCUT2D eigenvalue weighted by molar-refractivity contribution is 8.00. The summed E-state index contributed by atoms with van der Waals surface area (Å²) in [6.07, 6.45) is 4.29. The van der Waals surface area contributed by atoms with Crippen LogP contribution in [-0.4, -0.2) is 38.9 Å². The van der Waals surface area contributed by atoms with E-state index in [1.54, 1.807) is 29.1 Å². The summed E-state index contributed by atoms with van der Waals surface area (Å²) in [6.45, 7) is 6.72. The molecular weight excluding hydrogens is 370 g/mol. The van der Waals surface area contributed by atoms with Crippen molar-refractivity contribution in [2.75, 3.05) is 5.75 Å². The maximum atomic E-state index is 13.3. The van der Waals surface area contributed by atoms with Crippen LogP contribution in [0.4, 0.5) is 0 Å². The van der Waals surface area contributed by atoms with Gasteiger partial charge in [-0.2, -0.15) is 0 Å². The number of hydrogen-bond donors (Lipinski definition) is 1. The Morgan fingerprint density at radius 1 is 1.18 bits per heavy atom. The summed E-state index contributed by atoms with van der Waals surface area (Å²) in [4.78, 5) is 32.0. The molecule has 6 heteroatoms. The van der Waals surface area contributed by atoms with Crippen LogP contribution in [0.25, 0.3) is 0 Å². The van der Waals surface area contributed by atoms with Gasteiger partial charge in [0, 0.05) is 30.3 Å². The third-order valence-electron chi connectivity index (χ3n) is 4.82. The Morgan fingerprint density at radius 3 is 2.50 bits per heavy atom. The molecule has 1 aliphatic rings. The quantitative estimate of drug-likeness (QED) is 0.808. The highest BCUT2D eigenvalue weighted by Crippen LogP contribution is 2.34. The molecule has 0 saturated carbocycles. The van der Waals surface area contributed by atoms with Gasteiger partial charge in [-0.1, -0.05) is 31.5 Å². The zero-order valence-electron chi connectivity index (χ0n) is 16.6. The summed E-state index contributed by atoms with van der Waals surface area (Å²) in [5.41, 5.74) is 2.73. The number of benzene rings is 1. The van der Waals surface area contributed by atoms with Gasteiger partial charge < -0.3 is 10.2 Å². The Balaban J connectivity index is 1.76. The van der Waals surface area contributed by atoms with E-state index in [0.29, 0.717) is 23.8 Å². The number of pyridine rings is 1. The van der Waals surface area contributed by atoms with Crippen molar-refractivity contribution in [3.63, 3.8) is 0 Å². The van der Waals surface area contributed by atoms with E-state index in [0.717, 1.165) is 17.5 Å². The van der Waals surface area contributed by atoms with Crippen LogP contribution in [0.5, 0.6) is 0 Å². The maximum Gasteiger partial charge on any atom is 0.255 e. The summed E-state index contributed by atoms with van der Waals surface area (Å²) in [5, 5.41) is 3.01. The van der Waals surface area contributed by atoms with E-state index in [9.17, 15) is 9.59 Å². The number of thioether (sulfide) groups is 1. The molecule has 1 aromatic carbocycles. The number of nitrogens with zero attached hydrogens (tertiary/aromatic N) is 2. The van der Waals surface area contributed by atoms with Crippen molar-refractivity contribution < 1.29 is 9.59 Å². The Kier molecular flexibility index (Phi) is 6.73. The van der Waals surface area contributed by atoms with Gasteiger partial charge in [-0.3, -0.25) is 14.6 Å². The predicted molar refractivity (Wildman–Crippen MR) is 113 cm³/mol. The average Bonchev–Trinajstić information content (AvgIpc) is 3.10. The molecule has 0 spiro atoms. The zero-order valence-corrected chi connectivity index (χ0v) is 17.4. The molecule has 2 aromatic rings. The van der Waals surface area contributed by atoms with Crippen LogP contribution in [0.1, 0.15) is 41.8 Å². The summed E-state index contributed by atoms with van der Waals surface area (Å²) in [5.74, 6) is 0.900. The summed E-state index contributed by atoms with van der Waals surface area (Å²) >= 11 is 1.70. The van der Waals surface area contributed by atoms with E-state index in [2.05, 4.69) is 24.1 Å². The fraction of sp³-hybridized carbons (Fsp3) is 0.409. The molecular formula is C22H27N3O2S. The van der Waals surface area contributed by atoms with Crippen LogP contribution in [0.3, 0.4) is 0 Å². The summed E-state index contributed by atoms with van der Waals surface area (Å²) in [7, 11) is 0. The molecule has 28 heavy (non-hydrogen) atoms. The molecule has 5 nitrogen and oxygen atoms in total. The normalized spacial score (nSPS) is 19.1. The molecule has 2 unspecified atom stereocenters. The molecule has 1 aliphatic heterocycles. The highest BCUT2D eigenvalue weighted by Gasteiger charge is 2.41. The van der Waals surface area contributed by atoms with Crippen LogP contribution in [0.2, 0.25) is 0 Å². The number of hydrogen-bond acceptors (Lipinski definition) is 4. The van der Waals surface area contributed by atoms with Crippen molar-refractivity contribution in [3.8, 4) is 0 Å². The van der Waals surface area contributed by atoms with Crippen molar-refractivity contribution in [2.24, 2.45) is 5.92 Å². The SMILES string of the molecule is Cc1ccc(C(=O)N2C(CC(C)C)SCC2C(=O)NCc2ccncc2)cc1. The molecule has 0 radical (unpaired) electrons. The van der Waals surface area contributed by atoms with Crippen molar-refractivity contribution in [2.45, 2.75) is 45.2 Å². The fourth-order valence-electron chi connectivity index (χ4n) is 3.28. The van der Waals surface area contributed by atoms with Crippen molar-refractivity contribution in [1.29, 1.82) is 0 Å². The second-order valence-electron chi connectivity index (χ2n) is 7.59. The Labute approximate surface area is 170 Å². The third kappa shape index (κ3) is 4.93. The first-order valence-electron chi connectivity index (χ1n) is 9.63. The van der Waals surface area contributed by atoms with Crippen molar-refractivity contribution >= 4 is 23.6 Å². The molecule has 1 aromatic heterocycles. The Morgan fingerprint density at radius 2 is 1.86 bits per heavy atom. The molecule has 2 atom stereocenters. The zero-order chi connectivity index (χ0) is 20.1. The summed E-state index contributed by atoms with van der Waals surface area (Å²) < 4.78 is 0. The average molecular weight is 398 g/mol. The Hall–Kier alpha value is -2.34. The molecule has 0 bridgehead atoms. The molecule has 3 rings (SSSR count). The molecule has 2 amide bonds. The van der Waals surface area contributed by atoms with Crippen LogP contribution in [0, 0.1) is 12.8 Å². The maximum absolute atomic E-state index is 13.3. The van der Waals surface area contributed by atoms with Crippen LogP contribution in [-0.2, 0) is 11.3 Å². The van der Waals surface area contributed by atoms with Crippen LogP contribution in [0.15, 0.2) is 48.8 Å². The predicted octanol–water partition coefficient (Wildman–Crippen LogP) is 3.64. The smallest absolute Gasteiger partial charge is 0.255 e. The van der Waals surface area contributed by atoms with Gasteiger partial charge in [0.2, 0.25) is 5.91 Å². The molecule has 1 saturated heterocycles. The van der Waals surface area contributed by atoms with Gasteiger partial charge in [-0.15, -0.1) is 11.8 Å². The van der Waals surface area contributed by atoms with E-state index in [-0.39, 0.29) is 17.2 Å². The molecule has 2 heterocycles. The van der Waals surface area contributed by atoms with E-state index in [1.807, 2.05) is 43.3 Å². The van der Waals surface area contributed by atoms with Crippen LogP contribution >= 0.6 is 11.8 Å². The lowest BCUT2D eigenvalue weighted by atomic mass is 10.1. The second-order valence-corrected chi connectivity index (χ2v) is 8.80. The number of aryl methyl sites for hydroxylation is 1. The van der Waals surface area contributed by atoms with E-state index in [1.165, 1.54) is 0 Å². The largest absolute Gasteiger partial charge is 0.350 e. The lowest BCUT2D eigenvalue weighted by molar-refractivity contribution is -0.125. The van der Waals surface area contributed by atoms with E-state index in [4.69, 9.17) is 0 Å². The number of aromatic nitrogens is 1. The lowest BCUT2D eigenvalue weighted by Crippen LogP contribution is -2.49. The lowest BCUT2D eigenvalue weighted by Gasteiger charge is -2.30. The van der Waals surface area contributed by atoms with Crippen molar-refractivity contribution in [3.05, 3.63) is 65.5 Å². The van der Waals surface area contributed by atoms with Gasteiger partial charge in [0.1, 0.15) is 6.04 Å². The first kappa shape index (κ1) is 20.4. The minimum Gasteiger partial charge on any atom is -0.350 e. The molecule has 1 N–H and O–H groups in total. The van der Waals surface area contributed by atoms with Gasteiger partial charge in [0.25, 0.3) is 5.91 Å². The van der Waals surface area contributed by atoms with Gasteiger partial charge >= 0.3 is 0 Å². The summed E-state index contributed by atoms with van der Waals surface area (Å²) in [6, 6.07) is 10.9. The Bertz CT molecular complexity index is 808. The van der Waals surface area contributed by atoms with E-state index >= 15 is 0 Å². The van der Waals surface area contributed by atoms with Gasteiger partial charge in [0.05, 0.1) is 5.37 Å². The second kappa shape index (κ2) is 9.24. The van der Waals surface area contributed by atoms with Gasteiger partial charge in [-0.25, -0.2) is 0 Å². The minimum atomic E-state index is -0.454. The van der Waals surface area contributed by atoms with Crippen molar-refractivity contribution in [1.82, 2.24) is 15.2 Å². The van der Waals surface area contributed by atoms with Gasteiger partial charge in [-0.05, 0) is 49.1 Å². The third-order valence-corrected chi connectivity index (χ3v) is 6.13. The first-order valence-corrected chi connectivity index (χ1v) is 10.7. The topological polar surface area (TPSA) is 62.3 Å². The number of rotatable bonds is 6.